The first kappa shape index (κ1) is 21.0. The molecule has 0 spiro atoms. The van der Waals surface area contributed by atoms with Crippen LogP contribution in [0.1, 0.15) is 41.3 Å². The Hall–Kier alpha value is -3.91. The zero-order valence-corrected chi connectivity index (χ0v) is 19.0. The van der Waals surface area contributed by atoms with E-state index in [1.807, 2.05) is 35.2 Å². The molecule has 1 aliphatic heterocycles. The normalized spacial score (nSPS) is 14.4. The highest BCUT2D eigenvalue weighted by molar-refractivity contribution is 5.98. The second-order valence-corrected chi connectivity index (χ2v) is 8.97. The zero-order valence-electron chi connectivity index (χ0n) is 19.0. The number of carbonyl (C=O) groups is 1. The minimum Gasteiger partial charge on any atom is -0.339 e. The molecule has 0 bridgehead atoms. The van der Waals surface area contributed by atoms with E-state index in [4.69, 9.17) is 10.2 Å². The van der Waals surface area contributed by atoms with Gasteiger partial charge >= 0.3 is 0 Å². The van der Waals surface area contributed by atoms with Crippen molar-refractivity contribution in [1.82, 2.24) is 14.5 Å². The van der Waals surface area contributed by atoms with Gasteiger partial charge in [-0.3, -0.25) is 9.36 Å². The lowest BCUT2D eigenvalue weighted by Crippen LogP contribution is -2.37. The third-order valence-corrected chi connectivity index (χ3v) is 6.54. The second kappa shape index (κ2) is 8.55. The van der Waals surface area contributed by atoms with Crippen LogP contribution in [0.15, 0.2) is 66.7 Å². The molecule has 1 aromatic heterocycles. The zero-order chi connectivity index (χ0) is 22.9. The Bertz CT molecular complexity index is 1350. The molecule has 4 aromatic rings. The lowest BCUT2D eigenvalue weighted by molar-refractivity contribution is 0.0697. The number of amides is 1. The van der Waals surface area contributed by atoms with Gasteiger partial charge in [-0.2, -0.15) is 5.26 Å². The summed E-state index contributed by atoms with van der Waals surface area (Å²) >= 11 is 0. The summed E-state index contributed by atoms with van der Waals surface area (Å²) in [5, 5.41) is 9.17. The average Bonchev–Trinajstić information content (AvgIpc) is 3.23. The summed E-state index contributed by atoms with van der Waals surface area (Å²) < 4.78 is 2.12. The molecule has 33 heavy (non-hydrogen) atoms. The lowest BCUT2D eigenvalue weighted by atomic mass is 9.98. The number of nitrogens with zero attached hydrogens (tertiary/aromatic N) is 4. The summed E-state index contributed by atoms with van der Waals surface area (Å²) in [5.41, 5.74) is 6.13. The summed E-state index contributed by atoms with van der Waals surface area (Å²) in [6, 6.07) is 23.8. The Morgan fingerprint density at radius 3 is 2.36 bits per heavy atom. The molecule has 5 nitrogen and oxygen atoms in total. The number of piperidine rings is 1. The first-order valence-electron chi connectivity index (χ1n) is 11.4. The van der Waals surface area contributed by atoms with Crippen LogP contribution < -0.4 is 0 Å². The molecule has 0 N–H and O–H groups in total. The Kier molecular flexibility index (Phi) is 5.43. The fraction of sp³-hybridized carbons (Fsp3) is 0.250. The summed E-state index contributed by atoms with van der Waals surface area (Å²) in [7, 11) is 0. The van der Waals surface area contributed by atoms with E-state index < -0.39 is 0 Å². The van der Waals surface area contributed by atoms with E-state index in [1.54, 1.807) is 12.1 Å². The summed E-state index contributed by atoms with van der Waals surface area (Å²) in [4.78, 5) is 20.1. The molecule has 2 heterocycles. The van der Waals surface area contributed by atoms with Crippen LogP contribution in [0.3, 0.4) is 0 Å². The SMILES string of the molecule is Cc1ccc(-n2c(-c3ccc(C#N)cc3)nc3cc(C(=O)N4CCC(C)CC4)ccc32)cc1. The van der Waals surface area contributed by atoms with Crippen molar-refractivity contribution in [2.75, 3.05) is 13.1 Å². The second-order valence-electron chi connectivity index (χ2n) is 8.97. The van der Waals surface area contributed by atoms with Gasteiger partial charge in [-0.15, -0.1) is 0 Å². The molecule has 1 fully saturated rings. The number of imidazole rings is 1. The van der Waals surface area contributed by atoms with E-state index in [0.717, 1.165) is 54.0 Å². The van der Waals surface area contributed by atoms with Gasteiger partial charge in [0, 0.05) is 29.9 Å². The third kappa shape index (κ3) is 4.01. The molecule has 0 unspecified atom stereocenters. The molecular weight excluding hydrogens is 408 g/mol. The maximum atomic E-state index is 13.2. The molecule has 0 saturated carbocycles. The average molecular weight is 435 g/mol. The maximum absolute atomic E-state index is 13.2. The number of fused-ring (bicyclic) bond motifs is 1. The molecule has 0 aliphatic carbocycles. The number of aryl methyl sites for hydroxylation is 1. The smallest absolute Gasteiger partial charge is 0.253 e. The van der Waals surface area contributed by atoms with E-state index in [2.05, 4.69) is 48.7 Å². The number of rotatable bonds is 3. The Morgan fingerprint density at radius 1 is 1.00 bits per heavy atom. The van der Waals surface area contributed by atoms with Crippen LogP contribution in [-0.4, -0.2) is 33.4 Å². The number of benzene rings is 3. The van der Waals surface area contributed by atoms with Gasteiger partial charge in [0.2, 0.25) is 0 Å². The van der Waals surface area contributed by atoms with Gasteiger partial charge in [0.1, 0.15) is 5.82 Å². The lowest BCUT2D eigenvalue weighted by Gasteiger charge is -2.30. The Balaban J connectivity index is 1.61. The highest BCUT2D eigenvalue weighted by Crippen LogP contribution is 2.30. The summed E-state index contributed by atoms with van der Waals surface area (Å²) in [6.45, 7) is 5.94. The first-order chi connectivity index (χ1) is 16.0. The highest BCUT2D eigenvalue weighted by Gasteiger charge is 2.23. The minimum absolute atomic E-state index is 0.0774. The molecule has 0 atom stereocenters. The minimum atomic E-state index is 0.0774. The number of hydrogen-bond donors (Lipinski definition) is 0. The van der Waals surface area contributed by atoms with Crippen molar-refractivity contribution in [3.8, 4) is 23.1 Å². The molecule has 3 aromatic carbocycles. The van der Waals surface area contributed by atoms with Crippen molar-refractivity contribution in [2.24, 2.45) is 5.92 Å². The topological polar surface area (TPSA) is 61.9 Å². The first-order valence-corrected chi connectivity index (χ1v) is 11.4. The van der Waals surface area contributed by atoms with E-state index >= 15 is 0 Å². The summed E-state index contributed by atoms with van der Waals surface area (Å²) in [5.74, 6) is 1.54. The number of carbonyl (C=O) groups excluding carboxylic acids is 1. The molecule has 5 rings (SSSR count). The monoisotopic (exact) mass is 434 g/mol. The number of nitriles is 1. The molecular formula is C28H26N4O. The third-order valence-electron chi connectivity index (χ3n) is 6.54. The van der Waals surface area contributed by atoms with Crippen LogP contribution in [0.2, 0.25) is 0 Å². The van der Waals surface area contributed by atoms with Crippen LogP contribution in [0.4, 0.5) is 0 Å². The molecule has 0 radical (unpaired) electrons. The van der Waals surface area contributed by atoms with Crippen molar-refractivity contribution >= 4 is 16.9 Å². The van der Waals surface area contributed by atoms with Gasteiger partial charge in [0.25, 0.3) is 5.91 Å². The van der Waals surface area contributed by atoms with Crippen LogP contribution in [-0.2, 0) is 0 Å². The van der Waals surface area contributed by atoms with Gasteiger partial charge in [0.15, 0.2) is 0 Å². The fourth-order valence-electron chi connectivity index (χ4n) is 4.45. The molecule has 1 aliphatic rings. The molecule has 164 valence electrons. The van der Waals surface area contributed by atoms with Gasteiger partial charge in [-0.25, -0.2) is 4.98 Å². The standard InChI is InChI=1S/C28H26N4O/c1-19-3-10-24(11-4-19)32-26-12-9-23(28(33)31-15-13-20(2)14-16-31)17-25(26)30-27(32)22-7-5-21(18-29)6-8-22/h3-12,17,20H,13-16H2,1-2H3. The van der Waals surface area contributed by atoms with E-state index in [1.165, 1.54) is 5.56 Å². The fourth-order valence-corrected chi connectivity index (χ4v) is 4.45. The molecule has 1 saturated heterocycles. The van der Waals surface area contributed by atoms with Gasteiger partial charge in [0.05, 0.1) is 22.7 Å². The number of hydrogen-bond acceptors (Lipinski definition) is 3. The predicted molar refractivity (Wildman–Crippen MR) is 130 cm³/mol. The quantitative estimate of drug-likeness (QED) is 0.413. The van der Waals surface area contributed by atoms with E-state index in [-0.39, 0.29) is 5.91 Å². The van der Waals surface area contributed by atoms with Gasteiger partial charge in [-0.1, -0.05) is 24.6 Å². The van der Waals surface area contributed by atoms with Gasteiger partial charge < -0.3 is 4.90 Å². The van der Waals surface area contributed by atoms with Gasteiger partial charge in [-0.05, 0) is 80.3 Å². The molecule has 5 heteroatoms. The largest absolute Gasteiger partial charge is 0.339 e. The van der Waals surface area contributed by atoms with E-state index in [9.17, 15) is 4.79 Å². The molecule has 1 amide bonds. The van der Waals surface area contributed by atoms with Crippen LogP contribution in [0.25, 0.3) is 28.1 Å². The van der Waals surface area contributed by atoms with Crippen molar-refractivity contribution in [3.05, 3.63) is 83.4 Å². The Morgan fingerprint density at radius 2 is 1.70 bits per heavy atom. The highest BCUT2D eigenvalue weighted by atomic mass is 16.2. The van der Waals surface area contributed by atoms with Crippen molar-refractivity contribution < 1.29 is 4.79 Å². The van der Waals surface area contributed by atoms with Crippen LogP contribution >= 0.6 is 0 Å². The van der Waals surface area contributed by atoms with Crippen LogP contribution in [0, 0.1) is 24.2 Å². The van der Waals surface area contributed by atoms with Crippen LogP contribution in [0.5, 0.6) is 0 Å². The summed E-state index contributed by atoms with van der Waals surface area (Å²) in [6.07, 6.45) is 2.11. The number of likely N-dealkylation sites (tertiary alicyclic amines) is 1. The maximum Gasteiger partial charge on any atom is 0.253 e. The van der Waals surface area contributed by atoms with Crippen molar-refractivity contribution in [2.45, 2.75) is 26.7 Å². The van der Waals surface area contributed by atoms with Crippen molar-refractivity contribution in [1.29, 1.82) is 5.26 Å². The van der Waals surface area contributed by atoms with Crippen molar-refractivity contribution in [3.63, 3.8) is 0 Å². The number of aromatic nitrogens is 2. The van der Waals surface area contributed by atoms with E-state index in [0.29, 0.717) is 17.0 Å². The predicted octanol–water partition coefficient (Wildman–Crippen LogP) is 5.74. The Labute approximate surface area is 193 Å².